The van der Waals surface area contributed by atoms with E-state index in [-0.39, 0.29) is 23.8 Å². The first-order valence-electron chi connectivity index (χ1n) is 6.19. The monoisotopic (exact) mass is 323 g/mol. The number of hydrogen-bond acceptors (Lipinski definition) is 3. The first-order chi connectivity index (χ1) is 9.77. The van der Waals surface area contributed by atoms with Crippen molar-refractivity contribution in [3.8, 4) is 0 Å². The van der Waals surface area contributed by atoms with Crippen molar-refractivity contribution >= 4 is 17.7 Å². The molecule has 0 aromatic carbocycles. The average Bonchev–Trinajstić information content (AvgIpc) is 2.77. The third-order valence-corrected chi connectivity index (χ3v) is 3.51. The minimum Gasteiger partial charge on any atom is -0.465 e. The van der Waals surface area contributed by atoms with Gasteiger partial charge < -0.3 is 10.4 Å². The molecule has 1 aromatic rings. The zero-order valence-corrected chi connectivity index (χ0v) is 11.5. The lowest BCUT2D eigenvalue weighted by atomic mass is 10.1. The van der Waals surface area contributed by atoms with Crippen LogP contribution in [0.4, 0.5) is 18.0 Å². The number of carboxylic acid groups (broad SMARTS) is 1. The number of pyridine rings is 1. The van der Waals surface area contributed by atoms with Gasteiger partial charge in [0.15, 0.2) is 0 Å². The summed E-state index contributed by atoms with van der Waals surface area (Å²) in [6.07, 6.45) is -4.29. The molecule has 0 radical (unpaired) electrons. The third kappa shape index (κ3) is 3.98. The standard InChI is InChI=1S/C12H13ClF3N3O2/c13-9-2-1-7(5-17-9)10(12(14,15)16)19-4-3-8(6-19)18-11(20)21/h1-2,5,8,10,18H,3-4,6H2,(H,20,21)/t8?,10-/m1/s1. The maximum absolute atomic E-state index is 13.3. The number of rotatable bonds is 3. The van der Waals surface area contributed by atoms with Crippen LogP contribution in [0.1, 0.15) is 18.0 Å². The minimum absolute atomic E-state index is 0.000890. The van der Waals surface area contributed by atoms with Gasteiger partial charge in [0.25, 0.3) is 0 Å². The van der Waals surface area contributed by atoms with Crippen LogP contribution in [0.2, 0.25) is 5.15 Å². The maximum atomic E-state index is 13.3. The van der Waals surface area contributed by atoms with E-state index in [1.807, 2.05) is 0 Å². The molecule has 1 amide bonds. The number of nitrogens with one attached hydrogen (secondary N) is 1. The van der Waals surface area contributed by atoms with E-state index in [2.05, 4.69) is 10.3 Å². The summed E-state index contributed by atoms with van der Waals surface area (Å²) in [7, 11) is 0. The maximum Gasteiger partial charge on any atom is 0.408 e. The van der Waals surface area contributed by atoms with Crippen LogP contribution in [-0.2, 0) is 0 Å². The zero-order valence-electron chi connectivity index (χ0n) is 10.8. The molecule has 1 aliphatic rings. The van der Waals surface area contributed by atoms with E-state index in [1.54, 1.807) is 0 Å². The second kappa shape index (κ2) is 6.07. The molecule has 1 fully saturated rings. The van der Waals surface area contributed by atoms with Crippen molar-refractivity contribution in [3.05, 3.63) is 29.0 Å². The van der Waals surface area contributed by atoms with Gasteiger partial charge >= 0.3 is 12.3 Å². The third-order valence-electron chi connectivity index (χ3n) is 3.29. The van der Waals surface area contributed by atoms with Gasteiger partial charge in [0.2, 0.25) is 0 Å². The molecule has 1 aromatic heterocycles. The molecule has 2 atom stereocenters. The number of amides is 1. The number of hydrogen-bond donors (Lipinski definition) is 2. The lowest BCUT2D eigenvalue weighted by molar-refractivity contribution is -0.183. The normalized spacial score (nSPS) is 21.2. The Morgan fingerprint density at radius 2 is 2.24 bits per heavy atom. The molecule has 0 aliphatic carbocycles. The number of halogens is 4. The molecule has 1 aliphatic heterocycles. The van der Waals surface area contributed by atoms with Crippen LogP contribution in [0.15, 0.2) is 18.3 Å². The van der Waals surface area contributed by atoms with Gasteiger partial charge in [-0.3, -0.25) is 4.90 Å². The molecule has 0 saturated carbocycles. The highest BCUT2D eigenvalue weighted by atomic mass is 35.5. The summed E-state index contributed by atoms with van der Waals surface area (Å²) in [4.78, 5) is 15.4. The molecule has 0 spiro atoms. The molecule has 1 unspecified atom stereocenters. The second-order valence-electron chi connectivity index (χ2n) is 4.79. The Bertz CT molecular complexity index is 509. The summed E-state index contributed by atoms with van der Waals surface area (Å²) in [6, 6.07) is 0.264. The van der Waals surface area contributed by atoms with Crippen LogP contribution in [0.25, 0.3) is 0 Å². The Morgan fingerprint density at radius 1 is 1.52 bits per heavy atom. The lowest BCUT2D eigenvalue weighted by Crippen LogP contribution is -2.40. The summed E-state index contributed by atoms with van der Waals surface area (Å²) >= 11 is 5.59. The van der Waals surface area contributed by atoms with Crippen LogP contribution < -0.4 is 5.32 Å². The van der Waals surface area contributed by atoms with Crippen molar-refractivity contribution in [2.75, 3.05) is 13.1 Å². The van der Waals surface area contributed by atoms with E-state index in [4.69, 9.17) is 16.7 Å². The number of likely N-dealkylation sites (tertiary alicyclic amines) is 1. The highest BCUT2D eigenvalue weighted by Gasteiger charge is 2.46. The Labute approximate surface area is 123 Å². The average molecular weight is 324 g/mol. The molecule has 2 rings (SSSR count). The summed E-state index contributed by atoms with van der Waals surface area (Å²) < 4.78 is 39.9. The number of alkyl halides is 3. The van der Waals surface area contributed by atoms with Gasteiger partial charge in [0, 0.05) is 25.3 Å². The number of aromatic nitrogens is 1. The second-order valence-corrected chi connectivity index (χ2v) is 5.18. The van der Waals surface area contributed by atoms with Gasteiger partial charge in [0.1, 0.15) is 11.2 Å². The Morgan fingerprint density at radius 3 is 2.76 bits per heavy atom. The van der Waals surface area contributed by atoms with Crippen LogP contribution >= 0.6 is 11.6 Å². The Hall–Kier alpha value is -1.54. The molecule has 9 heteroatoms. The predicted octanol–water partition coefficient (Wildman–Crippen LogP) is 2.68. The van der Waals surface area contributed by atoms with Crippen molar-refractivity contribution in [2.45, 2.75) is 24.7 Å². The van der Waals surface area contributed by atoms with Crippen LogP contribution in [0, 0.1) is 0 Å². The smallest absolute Gasteiger partial charge is 0.408 e. The van der Waals surface area contributed by atoms with Crippen LogP contribution in [-0.4, -0.2) is 46.4 Å². The van der Waals surface area contributed by atoms with Gasteiger partial charge in [-0.2, -0.15) is 13.2 Å². The van der Waals surface area contributed by atoms with Crippen molar-refractivity contribution < 1.29 is 23.1 Å². The molecule has 5 nitrogen and oxygen atoms in total. The quantitative estimate of drug-likeness (QED) is 0.839. The van der Waals surface area contributed by atoms with Gasteiger partial charge in [0.05, 0.1) is 0 Å². The van der Waals surface area contributed by atoms with Crippen molar-refractivity contribution in [1.82, 2.24) is 15.2 Å². The largest absolute Gasteiger partial charge is 0.465 e. The van der Waals surface area contributed by atoms with E-state index in [0.717, 1.165) is 6.20 Å². The highest BCUT2D eigenvalue weighted by Crippen LogP contribution is 2.39. The van der Waals surface area contributed by atoms with Crippen molar-refractivity contribution in [2.24, 2.45) is 0 Å². The van der Waals surface area contributed by atoms with E-state index in [0.29, 0.717) is 6.42 Å². The summed E-state index contributed by atoms with van der Waals surface area (Å²) in [5, 5.41) is 11.0. The zero-order chi connectivity index (χ0) is 15.6. The topological polar surface area (TPSA) is 65.5 Å². The van der Waals surface area contributed by atoms with E-state index in [9.17, 15) is 18.0 Å². The predicted molar refractivity (Wildman–Crippen MR) is 69.2 cm³/mol. The molecule has 116 valence electrons. The van der Waals surface area contributed by atoms with Crippen LogP contribution in [0.5, 0.6) is 0 Å². The fourth-order valence-corrected chi connectivity index (χ4v) is 2.58. The molecule has 21 heavy (non-hydrogen) atoms. The molecular weight excluding hydrogens is 311 g/mol. The highest BCUT2D eigenvalue weighted by molar-refractivity contribution is 6.29. The fraction of sp³-hybridized carbons (Fsp3) is 0.500. The first-order valence-corrected chi connectivity index (χ1v) is 6.57. The SMILES string of the molecule is O=C(O)NC1CCN([C@H](c2ccc(Cl)nc2)C(F)(F)F)C1. The number of nitrogens with zero attached hydrogens (tertiary/aromatic N) is 2. The van der Waals surface area contributed by atoms with E-state index >= 15 is 0 Å². The van der Waals surface area contributed by atoms with Crippen molar-refractivity contribution in [3.63, 3.8) is 0 Å². The van der Waals surface area contributed by atoms with Gasteiger partial charge in [-0.05, 0) is 18.1 Å². The van der Waals surface area contributed by atoms with Gasteiger partial charge in [-0.1, -0.05) is 17.7 Å². The Balaban J connectivity index is 2.18. The molecule has 1 saturated heterocycles. The van der Waals surface area contributed by atoms with Crippen LogP contribution in [0.3, 0.4) is 0 Å². The Kier molecular flexibility index (Phi) is 4.58. The summed E-state index contributed by atoms with van der Waals surface area (Å²) in [5.74, 6) is 0. The lowest BCUT2D eigenvalue weighted by Gasteiger charge is -2.29. The molecule has 2 heterocycles. The van der Waals surface area contributed by atoms with E-state index < -0.39 is 24.4 Å². The molecular formula is C12H13ClF3N3O2. The van der Waals surface area contributed by atoms with E-state index in [1.165, 1.54) is 17.0 Å². The minimum atomic E-state index is -4.48. The first kappa shape index (κ1) is 15.8. The summed E-state index contributed by atoms with van der Waals surface area (Å²) in [5.41, 5.74) is -0.0112. The van der Waals surface area contributed by atoms with Gasteiger partial charge in [-0.25, -0.2) is 9.78 Å². The fourth-order valence-electron chi connectivity index (χ4n) is 2.47. The molecule has 0 bridgehead atoms. The van der Waals surface area contributed by atoms with Gasteiger partial charge in [-0.15, -0.1) is 0 Å². The summed E-state index contributed by atoms with van der Waals surface area (Å²) in [6.45, 7) is 0.150. The number of carbonyl (C=O) groups is 1. The van der Waals surface area contributed by atoms with Crippen molar-refractivity contribution in [1.29, 1.82) is 0 Å². The molecule has 2 N–H and O–H groups in total.